The molecule has 1 aromatic heterocycles. The Kier molecular flexibility index (Phi) is 3.52. The standard InChI is InChI=1S/C16H15NO4/c1-2-10-8-17(15-7-13(19)14(9-18)21-15)16(20)12-6-4-3-5-11(10)12/h1,3-6,8,13-15,18-19H,7,9H2/t13-,14+,15+/m0/s1. The van der Waals surface area contributed by atoms with Crippen molar-refractivity contribution >= 4 is 10.8 Å². The molecule has 5 nitrogen and oxygen atoms in total. The van der Waals surface area contributed by atoms with Crippen molar-refractivity contribution in [2.24, 2.45) is 0 Å². The number of aliphatic hydroxyl groups excluding tert-OH is 2. The van der Waals surface area contributed by atoms with Gasteiger partial charge in [0.05, 0.1) is 12.7 Å². The van der Waals surface area contributed by atoms with E-state index in [9.17, 15) is 9.90 Å². The van der Waals surface area contributed by atoms with Gasteiger partial charge in [0.25, 0.3) is 5.56 Å². The van der Waals surface area contributed by atoms with Gasteiger partial charge >= 0.3 is 0 Å². The van der Waals surface area contributed by atoms with E-state index in [1.807, 2.05) is 6.07 Å². The minimum atomic E-state index is -0.798. The molecule has 0 aliphatic carbocycles. The topological polar surface area (TPSA) is 71.7 Å². The molecule has 0 spiro atoms. The molecule has 1 aliphatic heterocycles. The third-order valence-corrected chi connectivity index (χ3v) is 3.80. The van der Waals surface area contributed by atoms with E-state index in [1.54, 1.807) is 24.4 Å². The Hall–Kier alpha value is -2.13. The van der Waals surface area contributed by atoms with Crippen molar-refractivity contribution in [2.45, 2.75) is 24.9 Å². The van der Waals surface area contributed by atoms with Gasteiger partial charge in [-0.25, -0.2) is 0 Å². The molecule has 3 atom stereocenters. The first-order valence-corrected chi connectivity index (χ1v) is 6.70. The summed E-state index contributed by atoms with van der Waals surface area (Å²) in [6, 6.07) is 7.11. The first-order valence-electron chi connectivity index (χ1n) is 6.70. The number of terminal acetylenes is 1. The first-order chi connectivity index (χ1) is 10.2. The zero-order valence-corrected chi connectivity index (χ0v) is 11.3. The van der Waals surface area contributed by atoms with Crippen LogP contribution in [0.4, 0.5) is 0 Å². The summed E-state index contributed by atoms with van der Waals surface area (Å²) in [7, 11) is 0. The quantitative estimate of drug-likeness (QED) is 0.794. The van der Waals surface area contributed by atoms with Gasteiger partial charge in [-0.2, -0.15) is 0 Å². The molecule has 1 saturated heterocycles. The summed E-state index contributed by atoms with van der Waals surface area (Å²) < 4.78 is 6.93. The van der Waals surface area contributed by atoms with E-state index in [4.69, 9.17) is 16.3 Å². The maximum Gasteiger partial charge on any atom is 0.260 e. The average Bonchev–Trinajstić information content (AvgIpc) is 2.89. The molecule has 2 heterocycles. The van der Waals surface area contributed by atoms with Gasteiger partial charge in [-0.05, 0) is 6.07 Å². The molecule has 1 aromatic carbocycles. The second-order valence-electron chi connectivity index (χ2n) is 5.06. The van der Waals surface area contributed by atoms with Gasteiger partial charge < -0.3 is 14.9 Å². The van der Waals surface area contributed by atoms with Crippen molar-refractivity contribution in [3.05, 3.63) is 46.4 Å². The van der Waals surface area contributed by atoms with Gasteiger partial charge in [-0.1, -0.05) is 24.1 Å². The second-order valence-corrected chi connectivity index (χ2v) is 5.06. The van der Waals surface area contributed by atoms with E-state index in [1.165, 1.54) is 4.57 Å². The van der Waals surface area contributed by atoms with Crippen molar-refractivity contribution in [3.63, 3.8) is 0 Å². The van der Waals surface area contributed by atoms with Gasteiger partial charge in [0, 0.05) is 29.0 Å². The second kappa shape index (κ2) is 5.34. The minimum Gasteiger partial charge on any atom is -0.394 e. The fourth-order valence-corrected chi connectivity index (χ4v) is 2.69. The number of hydrogen-bond acceptors (Lipinski definition) is 4. The van der Waals surface area contributed by atoms with E-state index in [0.29, 0.717) is 10.9 Å². The van der Waals surface area contributed by atoms with Crippen molar-refractivity contribution in [3.8, 4) is 12.3 Å². The fourth-order valence-electron chi connectivity index (χ4n) is 2.69. The van der Waals surface area contributed by atoms with Gasteiger partial charge in [0.15, 0.2) is 0 Å². The van der Waals surface area contributed by atoms with E-state index in [2.05, 4.69) is 5.92 Å². The Morgan fingerprint density at radius 3 is 2.71 bits per heavy atom. The highest BCUT2D eigenvalue weighted by molar-refractivity contribution is 5.87. The van der Waals surface area contributed by atoms with Gasteiger partial charge in [-0.15, -0.1) is 6.42 Å². The van der Waals surface area contributed by atoms with Crippen LogP contribution < -0.4 is 5.56 Å². The summed E-state index contributed by atoms with van der Waals surface area (Å²) in [5, 5.41) is 20.2. The van der Waals surface area contributed by atoms with Crippen LogP contribution in [-0.2, 0) is 4.74 Å². The maximum atomic E-state index is 12.6. The van der Waals surface area contributed by atoms with E-state index < -0.39 is 18.4 Å². The van der Waals surface area contributed by atoms with Crippen LogP contribution in [0.1, 0.15) is 18.2 Å². The zero-order valence-electron chi connectivity index (χ0n) is 11.3. The molecule has 1 fully saturated rings. The molecule has 0 bridgehead atoms. The molecule has 0 unspecified atom stereocenters. The number of nitrogens with zero attached hydrogens (tertiary/aromatic N) is 1. The Morgan fingerprint density at radius 2 is 2.10 bits per heavy atom. The van der Waals surface area contributed by atoms with E-state index in [0.717, 1.165) is 5.39 Å². The summed E-state index contributed by atoms with van der Waals surface area (Å²) in [6.07, 6.45) is 5.23. The molecule has 0 amide bonds. The van der Waals surface area contributed by atoms with E-state index >= 15 is 0 Å². The van der Waals surface area contributed by atoms with Crippen LogP contribution in [0.25, 0.3) is 10.8 Å². The highest BCUT2D eigenvalue weighted by Crippen LogP contribution is 2.28. The lowest BCUT2D eigenvalue weighted by Gasteiger charge is -2.16. The molecule has 1 aliphatic rings. The molecule has 5 heteroatoms. The lowest BCUT2D eigenvalue weighted by molar-refractivity contribution is -0.0453. The van der Waals surface area contributed by atoms with Gasteiger partial charge in [-0.3, -0.25) is 9.36 Å². The lowest BCUT2D eigenvalue weighted by atomic mass is 10.1. The molecule has 21 heavy (non-hydrogen) atoms. The largest absolute Gasteiger partial charge is 0.394 e. The zero-order chi connectivity index (χ0) is 15.0. The van der Waals surface area contributed by atoms with Crippen LogP contribution in [0.15, 0.2) is 35.3 Å². The van der Waals surface area contributed by atoms with Crippen molar-refractivity contribution in [2.75, 3.05) is 6.61 Å². The van der Waals surface area contributed by atoms with Crippen LogP contribution in [0.3, 0.4) is 0 Å². The van der Waals surface area contributed by atoms with Crippen molar-refractivity contribution < 1.29 is 14.9 Å². The predicted octanol–water partition coefficient (Wildman–Crippen LogP) is 0.623. The Bertz CT molecular complexity index is 774. The number of aliphatic hydroxyl groups is 2. The lowest BCUT2D eigenvalue weighted by Crippen LogP contribution is -2.26. The minimum absolute atomic E-state index is 0.222. The first kappa shape index (κ1) is 13.8. The number of ether oxygens (including phenoxy) is 1. The molecule has 108 valence electrons. The molecule has 2 aromatic rings. The molecule has 2 N–H and O–H groups in total. The third kappa shape index (κ3) is 2.24. The molecule has 0 radical (unpaired) electrons. The number of aromatic nitrogens is 1. The van der Waals surface area contributed by atoms with Crippen molar-refractivity contribution in [1.82, 2.24) is 4.57 Å². The van der Waals surface area contributed by atoms with E-state index in [-0.39, 0.29) is 18.6 Å². The summed E-state index contributed by atoms with van der Waals surface area (Å²) in [5.41, 5.74) is 0.371. The number of pyridine rings is 1. The highest BCUT2D eigenvalue weighted by atomic mass is 16.5. The summed E-state index contributed by atoms with van der Waals surface area (Å²) in [4.78, 5) is 12.6. The van der Waals surface area contributed by atoms with Crippen LogP contribution in [0.5, 0.6) is 0 Å². The third-order valence-electron chi connectivity index (χ3n) is 3.80. The summed E-state index contributed by atoms with van der Waals surface area (Å²) in [5.74, 6) is 2.57. The summed E-state index contributed by atoms with van der Waals surface area (Å²) in [6.45, 7) is -0.290. The van der Waals surface area contributed by atoms with Crippen LogP contribution >= 0.6 is 0 Å². The molecular formula is C16H15NO4. The Balaban J connectivity index is 2.15. The van der Waals surface area contributed by atoms with Crippen LogP contribution in [0, 0.1) is 12.3 Å². The highest BCUT2D eigenvalue weighted by Gasteiger charge is 2.35. The smallest absolute Gasteiger partial charge is 0.260 e. The number of rotatable bonds is 2. The van der Waals surface area contributed by atoms with Crippen molar-refractivity contribution in [1.29, 1.82) is 0 Å². The Labute approximate surface area is 121 Å². The molecule has 3 rings (SSSR count). The number of fused-ring (bicyclic) bond motifs is 1. The monoisotopic (exact) mass is 285 g/mol. The fraction of sp³-hybridized carbons (Fsp3) is 0.312. The van der Waals surface area contributed by atoms with Crippen LogP contribution in [0.2, 0.25) is 0 Å². The predicted molar refractivity (Wildman–Crippen MR) is 77.8 cm³/mol. The Morgan fingerprint density at radius 1 is 1.38 bits per heavy atom. The normalized spacial score (nSPS) is 25.1. The summed E-state index contributed by atoms with van der Waals surface area (Å²) >= 11 is 0. The number of hydrogen-bond donors (Lipinski definition) is 2. The maximum absolute atomic E-state index is 12.6. The SMILES string of the molecule is C#Cc1cn([C@H]2C[C@H](O)[C@@H](CO)O2)c(=O)c2ccccc12. The molecule has 0 saturated carbocycles. The average molecular weight is 285 g/mol. The molecular weight excluding hydrogens is 270 g/mol. The van der Waals surface area contributed by atoms with Crippen LogP contribution in [-0.4, -0.2) is 33.6 Å². The number of benzene rings is 1. The van der Waals surface area contributed by atoms with Gasteiger partial charge in [0.1, 0.15) is 12.3 Å². The van der Waals surface area contributed by atoms with Gasteiger partial charge in [0.2, 0.25) is 0 Å².